The first-order chi connectivity index (χ1) is 10.8. The molecule has 1 saturated carbocycles. The molecule has 22 heavy (non-hydrogen) atoms. The van der Waals surface area contributed by atoms with Gasteiger partial charge in [-0.15, -0.1) is 0 Å². The second-order valence-electron chi connectivity index (χ2n) is 6.47. The fourth-order valence-corrected chi connectivity index (χ4v) is 4.06. The lowest BCUT2D eigenvalue weighted by Crippen LogP contribution is -2.46. The van der Waals surface area contributed by atoms with E-state index < -0.39 is 0 Å². The molecule has 4 heteroatoms. The van der Waals surface area contributed by atoms with Crippen molar-refractivity contribution < 1.29 is 4.92 Å². The number of nitrogens with zero attached hydrogens (tertiary/aromatic N) is 2. The van der Waals surface area contributed by atoms with E-state index in [2.05, 4.69) is 11.0 Å². The zero-order chi connectivity index (χ0) is 15.4. The van der Waals surface area contributed by atoms with Crippen LogP contribution in [0.3, 0.4) is 0 Å². The highest BCUT2D eigenvalue weighted by Gasteiger charge is 2.32. The maximum Gasteiger partial charge on any atom is 0.276 e. The Kier molecular flexibility index (Phi) is 4.88. The Morgan fingerprint density at radius 3 is 2.82 bits per heavy atom. The van der Waals surface area contributed by atoms with Crippen LogP contribution in [0.5, 0.6) is 0 Å². The SMILES string of the molecule is O=[N+]([O-])c1ccccc1/C=C/CN1CCCC2CCCCC21. The Balaban J connectivity index is 1.65. The van der Waals surface area contributed by atoms with Crippen molar-refractivity contribution in [3.63, 3.8) is 0 Å². The van der Waals surface area contributed by atoms with Crippen molar-refractivity contribution in [2.24, 2.45) is 5.92 Å². The minimum atomic E-state index is -0.308. The van der Waals surface area contributed by atoms with Gasteiger partial charge in [0.15, 0.2) is 0 Å². The molecular formula is C18H24N2O2. The van der Waals surface area contributed by atoms with E-state index in [1.165, 1.54) is 45.1 Å². The molecule has 1 aliphatic heterocycles. The summed E-state index contributed by atoms with van der Waals surface area (Å²) in [7, 11) is 0. The summed E-state index contributed by atoms with van der Waals surface area (Å²) in [5.41, 5.74) is 0.887. The van der Waals surface area contributed by atoms with Crippen molar-refractivity contribution in [3.05, 3.63) is 46.0 Å². The van der Waals surface area contributed by atoms with E-state index >= 15 is 0 Å². The van der Waals surface area contributed by atoms with Gasteiger partial charge in [-0.1, -0.05) is 37.1 Å². The molecular weight excluding hydrogens is 276 g/mol. The van der Waals surface area contributed by atoms with Gasteiger partial charge in [-0.3, -0.25) is 15.0 Å². The van der Waals surface area contributed by atoms with Crippen molar-refractivity contribution in [2.45, 2.75) is 44.6 Å². The number of para-hydroxylation sites is 1. The molecule has 1 saturated heterocycles. The Hall–Kier alpha value is -1.68. The first kappa shape index (κ1) is 15.2. The summed E-state index contributed by atoms with van der Waals surface area (Å²) in [5.74, 6) is 0.877. The monoisotopic (exact) mass is 300 g/mol. The van der Waals surface area contributed by atoms with Gasteiger partial charge in [-0.2, -0.15) is 0 Å². The molecule has 1 heterocycles. The van der Waals surface area contributed by atoms with Gasteiger partial charge in [0.05, 0.1) is 10.5 Å². The number of hydrogen-bond acceptors (Lipinski definition) is 3. The first-order valence-electron chi connectivity index (χ1n) is 8.40. The van der Waals surface area contributed by atoms with Crippen LogP contribution < -0.4 is 0 Å². The lowest BCUT2D eigenvalue weighted by Gasteiger charge is -2.43. The standard InChI is InChI=1S/C18H24N2O2/c21-20(22)18-12-4-2-8-16(18)10-6-14-19-13-5-9-15-7-1-3-11-17(15)19/h2,4,6,8,10,12,15,17H,1,3,5,7,9,11,13-14H2/b10-6+. The Bertz CT molecular complexity index is 554. The van der Waals surface area contributed by atoms with Crippen LogP contribution in [-0.4, -0.2) is 29.0 Å². The molecule has 4 nitrogen and oxygen atoms in total. The predicted octanol–water partition coefficient (Wildman–Crippen LogP) is 4.26. The van der Waals surface area contributed by atoms with Crippen molar-refractivity contribution in [1.82, 2.24) is 4.90 Å². The molecule has 0 aromatic heterocycles. The van der Waals surface area contributed by atoms with Gasteiger partial charge in [0, 0.05) is 18.7 Å². The first-order valence-corrected chi connectivity index (χ1v) is 8.40. The molecule has 1 aromatic carbocycles. The Labute approximate surface area is 132 Å². The molecule has 0 spiro atoms. The lowest BCUT2D eigenvalue weighted by atomic mass is 9.78. The third kappa shape index (κ3) is 3.38. The van der Waals surface area contributed by atoms with E-state index in [0.29, 0.717) is 5.56 Å². The van der Waals surface area contributed by atoms with Crippen LogP contribution in [0.1, 0.15) is 44.1 Å². The van der Waals surface area contributed by atoms with Gasteiger partial charge < -0.3 is 0 Å². The highest BCUT2D eigenvalue weighted by atomic mass is 16.6. The number of benzene rings is 1. The van der Waals surface area contributed by atoms with E-state index in [1.54, 1.807) is 12.1 Å². The van der Waals surface area contributed by atoms with Crippen LogP contribution in [0.15, 0.2) is 30.3 Å². The summed E-state index contributed by atoms with van der Waals surface area (Å²) in [4.78, 5) is 13.3. The summed E-state index contributed by atoms with van der Waals surface area (Å²) >= 11 is 0. The fraction of sp³-hybridized carbons (Fsp3) is 0.556. The van der Waals surface area contributed by atoms with Crippen molar-refractivity contribution in [3.8, 4) is 0 Å². The van der Waals surface area contributed by atoms with Gasteiger partial charge in [-0.05, 0) is 44.2 Å². The molecule has 2 fully saturated rings. The van der Waals surface area contributed by atoms with E-state index in [4.69, 9.17) is 0 Å². The van der Waals surface area contributed by atoms with Gasteiger partial charge >= 0.3 is 0 Å². The van der Waals surface area contributed by atoms with E-state index in [0.717, 1.165) is 18.5 Å². The van der Waals surface area contributed by atoms with Crippen molar-refractivity contribution in [2.75, 3.05) is 13.1 Å². The summed E-state index contributed by atoms with van der Waals surface area (Å²) in [6, 6.07) is 7.68. The number of rotatable bonds is 4. The Morgan fingerprint density at radius 1 is 1.18 bits per heavy atom. The normalized spacial score (nSPS) is 26.0. The van der Waals surface area contributed by atoms with Crippen molar-refractivity contribution >= 4 is 11.8 Å². The summed E-state index contributed by atoms with van der Waals surface area (Å²) in [5, 5.41) is 11.0. The van der Waals surface area contributed by atoms with Crippen LogP contribution in [0, 0.1) is 16.0 Å². The molecule has 0 radical (unpaired) electrons. The topological polar surface area (TPSA) is 46.4 Å². The maximum atomic E-state index is 11.0. The van der Waals surface area contributed by atoms with E-state index in [1.807, 2.05) is 18.2 Å². The van der Waals surface area contributed by atoms with Gasteiger partial charge in [0.1, 0.15) is 0 Å². The van der Waals surface area contributed by atoms with Gasteiger partial charge in [0.2, 0.25) is 0 Å². The number of nitro groups is 1. The lowest BCUT2D eigenvalue weighted by molar-refractivity contribution is -0.385. The second-order valence-corrected chi connectivity index (χ2v) is 6.47. The summed E-state index contributed by atoms with van der Waals surface area (Å²) < 4.78 is 0. The highest BCUT2D eigenvalue weighted by molar-refractivity contribution is 5.60. The average Bonchev–Trinajstić information content (AvgIpc) is 2.55. The highest BCUT2D eigenvalue weighted by Crippen LogP contribution is 2.35. The third-order valence-corrected chi connectivity index (χ3v) is 5.13. The Morgan fingerprint density at radius 2 is 1.95 bits per heavy atom. The largest absolute Gasteiger partial charge is 0.296 e. The molecule has 118 valence electrons. The number of nitro benzene ring substituents is 1. The zero-order valence-electron chi connectivity index (χ0n) is 13.0. The summed E-state index contributed by atoms with van der Waals surface area (Å²) in [6.45, 7) is 2.08. The molecule has 2 aliphatic rings. The number of hydrogen-bond donors (Lipinski definition) is 0. The number of piperidine rings is 1. The van der Waals surface area contributed by atoms with Crippen LogP contribution in [0.25, 0.3) is 6.08 Å². The van der Waals surface area contributed by atoms with Crippen LogP contribution in [0.2, 0.25) is 0 Å². The molecule has 0 N–H and O–H groups in total. The van der Waals surface area contributed by atoms with Crippen LogP contribution in [0.4, 0.5) is 5.69 Å². The molecule has 1 aliphatic carbocycles. The quantitative estimate of drug-likeness (QED) is 0.616. The van der Waals surface area contributed by atoms with Crippen LogP contribution >= 0.6 is 0 Å². The second kappa shape index (κ2) is 7.05. The molecule has 2 atom stereocenters. The molecule has 1 aromatic rings. The summed E-state index contributed by atoms with van der Waals surface area (Å²) in [6.07, 6.45) is 12.1. The third-order valence-electron chi connectivity index (χ3n) is 5.13. The predicted molar refractivity (Wildman–Crippen MR) is 88.7 cm³/mol. The fourth-order valence-electron chi connectivity index (χ4n) is 4.06. The molecule has 0 bridgehead atoms. The average molecular weight is 300 g/mol. The van der Waals surface area contributed by atoms with Crippen molar-refractivity contribution in [1.29, 1.82) is 0 Å². The van der Waals surface area contributed by atoms with E-state index in [-0.39, 0.29) is 10.6 Å². The van der Waals surface area contributed by atoms with Gasteiger partial charge in [-0.25, -0.2) is 0 Å². The van der Waals surface area contributed by atoms with Gasteiger partial charge in [0.25, 0.3) is 5.69 Å². The minimum absolute atomic E-state index is 0.188. The van der Waals surface area contributed by atoms with E-state index in [9.17, 15) is 10.1 Å². The molecule has 2 unspecified atom stereocenters. The van der Waals surface area contributed by atoms with Crippen LogP contribution in [-0.2, 0) is 0 Å². The number of likely N-dealkylation sites (tertiary alicyclic amines) is 1. The smallest absolute Gasteiger partial charge is 0.276 e. The number of fused-ring (bicyclic) bond motifs is 1. The molecule has 0 amide bonds. The molecule has 3 rings (SSSR count). The minimum Gasteiger partial charge on any atom is -0.296 e. The maximum absolute atomic E-state index is 11.0. The zero-order valence-corrected chi connectivity index (χ0v) is 13.0.